The van der Waals surface area contributed by atoms with E-state index in [-0.39, 0.29) is 17.7 Å². The average Bonchev–Trinajstić information content (AvgIpc) is 2.36. The molecule has 8 heteroatoms. The van der Waals surface area contributed by atoms with Gasteiger partial charge in [-0.1, -0.05) is 6.07 Å². The molecular formula is C11H15F3N2O2S. The normalized spacial score (nSPS) is 15.1. The Labute approximate surface area is 113 Å². The fourth-order valence-corrected chi connectivity index (χ4v) is 1.88. The zero-order chi connectivity index (χ0) is 14.6. The quantitative estimate of drug-likeness (QED) is 0.326. The topological polar surface area (TPSA) is 78.5 Å². The molecule has 0 heterocycles. The van der Waals surface area contributed by atoms with Crippen molar-refractivity contribution >= 4 is 18.3 Å². The highest BCUT2D eigenvalue weighted by molar-refractivity contribution is 7.80. The fourth-order valence-electron chi connectivity index (χ4n) is 1.61. The van der Waals surface area contributed by atoms with Crippen LogP contribution in [0.25, 0.3) is 0 Å². The first kappa shape index (κ1) is 16.1. The average molecular weight is 296 g/mol. The van der Waals surface area contributed by atoms with Crippen molar-refractivity contribution in [1.29, 1.82) is 0 Å². The molecule has 2 atom stereocenters. The van der Waals surface area contributed by atoms with Gasteiger partial charge in [0.1, 0.15) is 6.10 Å². The van der Waals surface area contributed by atoms with E-state index in [0.717, 1.165) is 18.2 Å². The number of halogens is 3. The molecule has 5 N–H and O–H groups in total. The third-order valence-electron chi connectivity index (χ3n) is 2.64. The van der Waals surface area contributed by atoms with Gasteiger partial charge < -0.3 is 15.6 Å². The number of anilines is 1. The molecule has 19 heavy (non-hydrogen) atoms. The van der Waals surface area contributed by atoms with Crippen LogP contribution in [-0.4, -0.2) is 22.1 Å². The molecule has 0 saturated heterocycles. The number of hydrogen-bond acceptors (Lipinski definition) is 5. The highest BCUT2D eigenvalue weighted by Crippen LogP contribution is 2.34. The molecule has 0 bridgehead atoms. The van der Waals surface area contributed by atoms with Crippen LogP contribution in [0.2, 0.25) is 0 Å². The van der Waals surface area contributed by atoms with Gasteiger partial charge in [-0.15, -0.1) is 0 Å². The number of hydrazine groups is 1. The molecule has 0 fully saturated rings. The summed E-state index contributed by atoms with van der Waals surface area (Å²) >= 11 is 3.91. The Bertz CT molecular complexity index is 429. The summed E-state index contributed by atoms with van der Waals surface area (Å²) in [4.78, 5) is 0. The second-order valence-corrected chi connectivity index (χ2v) is 4.42. The number of hydrogen-bond donors (Lipinski definition) is 5. The van der Waals surface area contributed by atoms with Crippen molar-refractivity contribution in [2.24, 2.45) is 5.84 Å². The first-order valence-corrected chi connectivity index (χ1v) is 6.09. The van der Waals surface area contributed by atoms with Gasteiger partial charge in [-0.05, 0) is 24.3 Å². The third-order valence-corrected chi connectivity index (χ3v) is 2.90. The van der Waals surface area contributed by atoms with E-state index in [2.05, 4.69) is 18.1 Å². The number of rotatable bonds is 5. The number of thiol groups is 1. The van der Waals surface area contributed by atoms with Crippen LogP contribution in [0.1, 0.15) is 23.7 Å². The summed E-state index contributed by atoms with van der Waals surface area (Å²) < 4.78 is 37.6. The number of aliphatic hydroxyl groups excluding tert-OH is 2. The van der Waals surface area contributed by atoms with E-state index in [1.165, 1.54) is 0 Å². The van der Waals surface area contributed by atoms with Crippen molar-refractivity contribution in [2.75, 3.05) is 11.2 Å². The standard InChI is InChI=1S/C11H15F3N2O2S/c12-11(13,14)6-1-2-7(8(5-6)16-15)10(18)9(17)3-4-19/h1-2,5,9-10,16-19H,3-4,15H2. The molecule has 0 amide bonds. The van der Waals surface area contributed by atoms with Gasteiger partial charge in [-0.3, -0.25) is 5.84 Å². The first-order valence-electron chi connectivity index (χ1n) is 5.46. The lowest BCUT2D eigenvalue weighted by Crippen LogP contribution is -2.21. The molecule has 4 nitrogen and oxygen atoms in total. The maximum atomic E-state index is 12.5. The Morgan fingerprint density at radius 2 is 1.95 bits per heavy atom. The van der Waals surface area contributed by atoms with Crippen molar-refractivity contribution in [3.63, 3.8) is 0 Å². The van der Waals surface area contributed by atoms with E-state index < -0.39 is 23.9 Å². The van der Waals surface area contributed by atoms with Crippen molar-refractivity contribution in [3.05, 3.63) is 29.3 Å². The smallest absolute Gasteiger partial charge is 0.390 e. The van der Waals surface area contributed by atoms with Crippen LogP contribution in [0.15, 0.2) is 18.2 Å². The monoisotopic (exact) mass is 296 g/mol. The molecule has 1 aromatic carbocycles. The summed E-state index contributed by atoms with van der Waals surface area (Å²) in [5, 5.41) is 19.5. The minimum Gasteiger partial charge on any atom is -0.390 e. The fraction of sp³-hybridized carbons (Fsp3) is 0.455. The van der Waals surface area contributed by atoms with Crippen LogP contribution >= 0.6 is 12.6 Å². The Hall–Kier alpha value is -0.960. The van der Waals surface area contributed by atoms with E-state index in [0.29, 0.717) is 5.75 Å². The van der Waals surface area contributed by atoms with Crippen LogP contribution in [0.3, 0.4) is 0 Å². The summed E-state index contributed by atoms with van der Waals surface area (Å²) in [5.41, 5.74) is 1.23. The predicted octanol–water partition coefficient (Wildman–Crippen LogP) is 1.71. The molecule has 0 spiro atoms. The molecule has 0 saturated carbocycles. The number of nitrogen functional groups attached to an aromatic ring is 1. The SMILES string of the molecule is NNc1cc(C(F)(F)F)ccc1C(O)C(O)CCS. The van der Waals surface area contributed by atoms with Crippen molar-refractivity contribution in [1.82, 2.24) is 0 Å². The lowest BCUT2D eigenvalue weighted by atomic mass is 9.99. The maximum absolute atomic E-state index is 12.5. The van der Waals surface area contributed by atoms with Crippen LogP contribution < -0.4 is 11.3 Å². The summed E-state index contributed by atoms with van der Waals surface area (Å²) in [7, 11) is 0. The molecule has 0 aromatic heterocycles. The second kappa shape index (κ2) is 6.47. The molecule has 1 rings (SSSR count). The summed E-state index contributed by atoms with van der Waals surface area (Å²) in [6.45, 7) is 0. The number of alkyl halides is 3. The molecule has 0 aliphatic carbocycles. The third kappa shape index (κ3) is 4.00. The van der Waals surface area contributed by atoms with E-state index in [1.54, 1.807) is 0 Å². The van der Waals surface area contributed by atoms with E-state index in [1.807, 2.05) is 0 Å². The van der Waals surface area contributed by atoms with Crippen LogP contribution in [-0.2, 0) is 6.18 Å². The van der Waals surface area contributed by atoms with Gasteiger partial charge in [0, 0.05) is 5.56 Å². The number of benzene rings is 1. The van der Waals surface area contributed by atoms with Gasteiger partial charge in [-0.2, -0.15) is 25.8 Å². The van der Waals surface area contributed by atoms with Gasteiger partial charge in [-0.25, -0.2) is 0 Å². The summed E-state index contributed by atoms with van der Waals surface area (Å²) in [6, 6.07) is 2.70. The molecule has 0 aliphatic rings. The molecule has 0 aliphatic heterocycles. The Kier molecular flexibility index (Phi) is 5.48. The van der Waals surface area contributed by atoms with Crippen molar-refractivity contribution < 1.29 is 23.4 Å². The zero-order valence-corrected chi connectivity index (χ0v) is 10.7. The molecule has 1 aromatic rings. The van der Waals surface area contributed by atoms with Crippen LogP contribution in [0.5, 0.6) is 0 Å². The summed E-state index contributed by atoms with van der Waals surface area (Å²) in [5.74, 6) is 5.49. The highest BCUT2D eigenvalue weighted by atomic mass is 32.1. The van der Waals surface area contributed by atoms with Crippen LogP contribution in [0.4, 0.5) is 18.9 Å². The minimum absolute atomic E-state index is 0.0828. The van der Waals surface area contributed by atoms with Crippen LogP contribution in [0, 0.1) is 0 Å². The second-order valence-electron chi connectivity index (χ2n) is 3.97. The lowest BCUT2D eigenvalue weighted by Gasteiger charge is -2.21. The first-order chi connectivity index (χ1) is 8.81. The predicted molar refractivity (Wildman–Crippen MR) is 68.7 cm³/mol. The number of nitrogens with one attached hydrogen (secondary N) is 1. The van der Waals surface area contributed by atoms with Gasteiger partial charge in [0.2, 0.25) is 0 Å². The largest absolute Gasteiger partial charge is 0.416 e. The summed E-state index contributed by atoms with van der Waals surface area (Å²) in [6.07, 6.45) is -6.75. The molecule has 2 unspecified atom stereocenters. The maximum Gasteiger partial charge on any atom is 0.416 e. The van der Waals surface area contributed by atoms with Crippen molar-refractivity contribution in [2.45, 2.75) is 24.8 Å². The van der Waals surface area contributed by atoms with Gasteiger partial charge in [0.25, 0.3) is 0 Å². The zero-order valence-electron chi connectivity index (χ0n) is 9.85. The van der Waals surface area contributed by atoms with Gasteiger partial charge >= 0.3 is 6.18 Å². The minimum atomic E-state index is -4.50. The Morgan fingerprint density at radius 1 is 1.32 bits per heavy atom. The van der Waals surface area contributed by atoms with E-state index in [4.69, 9.17) is 5.84 Å². The number of nitrogens with two attached hydrogens (primary N) is 1. The molecule has 108 valence electrons. The molecular weight excluding hydrogens is 281 g/mol. The van der Waals surface area contributed by atoms with E-state index in [9.17, 15) is 23.4 Å². The Balaban J connectivity index is 3.09. The molecule has 0 radical (unpaired) electrons. The van der Waals surface area contributed by atoms with Crippen molar-refractivity contribution in [3.8, 4) is 0 Å². The van der Waals surface area contributed by atoms with Gasteiger partial charge in [0.05, 0.1) is 17.4 Å². The van der Waals surface area contributed by atoms with E-state index >= 15 is 0 Å². The Morgan fingerprint density at radius 3 is 2.42 bits per heavy atom. The number of aliphatic hydroxyl groups is 2. The van der Waals surface area contributed by atoms with Gasteiger partial charge in [0.15, 0.2) is 0 Å². The highest BCUT2D eigenvalue weighted by Gasteiger charge is 2.32. The lowest BCUT2D eigenvalue weighted by molar-refractivity contribution is -0.137.